The zero-order chi connectivity index (χ0) is 7.19. The summed E-state index contributed by atoms with van der Waals surface area (Å²) in [6.45, 7) is 0. The van der Waals surface area contributed by atoms with Gasteiger partial charge in [0.1, 0.15) is 0 Å². The Kier molecular flexibility index (Phi) is 1.47. The van der Waals surface area contributed by atoms with Gasteiger partial charge in [-0.1, -0.05) is 0 Å². The first-order chi connectivity index (χ1) is 4.77. The van der Waals surface area contributed by atoms with Crippen LogP contribution >= 0.6 is 11.6 Å². The van der Waals surface area contributed by atoms with Crippen LogP contribution in [0.5, 0.6) is 0 Å². The van der Waals surface area contributed by atoms with Crippen LogP contribution in [0.2, 0.25) is 0 Å². The summed E-state index contributed by atoms with van der Waals surface area (Å²) in [7, 11) is 0. The molecule has 2 unspecified atom stereocenters. The van der Waals surface area contributed by atoms with E-state index < -0.39 is 0 Å². The molecule has 10 heavy (non-hydrogen) atoms. The molecule has 2 N–H and O–H groups in total. The van der Waals surface area contributed by atoms with Crippen molar-refractivity contribution in [1.82, 2.24) is 0 Å². The Morgan fingerprint density at radius 1 is 1.60 bits per heavy atom. The van der Waals surface area contributed by atoms with Gasteiger partial charge in [-0.15, -0.1) is 11.6 Å². The van der Waals surface area contributed by atoms with Gasteiger partial charge in [0, 0.05) is 11.9 Å². The lowest BCUT2D eigenvalue weighted by Gasteiger charge is -2.04. The zero-order valence-corrected chi connectivity index (χ0v) is 6.90. The van der Waals surface area contributed by atoms with Crippen LogP contribution in [0.3, 0.4) is 0 Å². The van der Waals surface area contributed by atoms with Gasteiger partial charge < -0.3 is 5.73 Å². The van der Waals surface area contributed by atoms with Crippen molar-refractivity contribution < 1.29 is 0 Å². The number of alkyl halides is 1. The number of halogens is 1. The predicted octanol–water partition coefficient (Wildman–Crippen LogP) is 1.74. The van der Waals surface area contributed by atoms with Crippen LogP contribution in [0.1, 0.15) is 25.7 Å². The van der Waals surface area contributed by atoms with Crippen molar-refractivity contribution in [3.8, 4) is 0 Å². The Bertz CT molecular complexity index is 142. The molecule has 2 fully saturated rings. The van der Waals surface area contributed by atoms with Gasteiger partial charge in [-0.05, 0) is 37.0 Å². The quantitative estimate of drug-likeness (QED) is 0.624. The van der Waals surface area contributed by atoms with E-state index in [0.717, 1.165) is 11.3 Å². The van der Waals surface area contributed by atoms with Gasteiger partial charge in [0.25, 0.3) is 0 Å². The summed E-state index contributed by atoms with van der Waals surface area (Å²) in [5.74, 6) is 1.58. The van der Waals surface area contributed by atoms with Crippen molar-refractivity contribution in [2.75, 3.05) is 5.88 Å². The Balaban J connectivity index is 1.73. The van der Waals surface area contributed by atoms with Crippen LogP contribution in [-0.4, -0.2) is 11.9 Å². The fourth-order valence-electron chi connectivity index (χ4n) is 1.97. The van der Waals surface area contributed by atoms with Crippen molar-refractivity contribution >= 4 is 11.6 Å². The molecule has 2 aliphatic carbocycles. The van der Waals surface area contributed by atoms with Crippen LogP contribution < -0.4 is 5.73 Å². The molecule has 0 radical (unpaired) electrons. The van der Waals surface area contributed by atoms with E-state index in [4.69, 9.17) is 17.3 Å². The van der Waals surface area contributed by atoms with E-state index in [-0.39, 0.29) is 6.04 Å². The predicted molar refractivity (Wildman–Crippen MR) is 43.1 cm³/mol. The minimum Gasteiger partial charge on any atom is -0.327 e. The summed E-state index contributed by atoms with van der Waals surface area (Å²) in [5, 5.41) is 0. The molecule has 0 heterocycles. The van der Waals surface area contributed by atoms with E-state index in [1.54, 1.807) is 0 Å². The van der Waals surface area contributed by atoms with Crippen LogP contribution in [0, 0.1) is 11.3 Å². The smallest absolute Gasteiger partial charge is 0.0375 e. The molecule has 1 nitrogen and oxygen atoms in total. The summed E-state index contributed by atoms with van der Waals surface area (Å²) in [6, 6.07) is 0.256. The van der Waals surface area contributed by atoms with Crippen molar-refractivity contribution in [1.29, 1.82) is 0 Å². The Morgan fingerprint density at radius 2 is 2.30 bits per heavy atom. The first-order valence-electron chi connectivity index (χ1n) is 4.08. The lowest BCUT2D eigenvalue weighted by atomic mass is 10.1. The molecule has 2 heteroatoms. The average molecular weight is 160 g/mol. The molecule has 2 saturated carbocycles. The third-order valence-electron chi connectivity index (χ3n) is 3.04. The topological polar surface area (TPSA) is 26.0 Å². The van der Waals surface area contributed by atoms with E-state index in [0.29, 0.717) is 5.88 Å². The van der Waals surface area contributed by atoms with E-state index in [9.17, 15) is 0 Å². The largest absolute Gasteiger partial charge is 0.327 e. The fraction of sp³-hybridized carbons (Fsp3) is 1.00. The van der Waals surface area contributed by atoms with Crippen LogP contribution in [0.25, 0.3) is 0 Å². The van der Waals surface area contributed by atoms with Gasteiger partial charge in [-0.25, -0.2) is 0 Å². The maximum absolute atomic E-state index is 5.73. The lowest BCUT2D eigenvalue weighted by molar-refractivity contribution is 0.569. The monoisotopic (exact) mass is 159 g/mol. The standard InChI is InChI=1S/C8H14ClN/c9-5-7(10)3-6-4-8(6)1-2-8/h6-7H,1-5,10H2. The molecule has 2 aliphatic rings. The van der Waals surface area contributed by atoms with Crippen LogP contribution in [0.15, 0.2) is 0 Å². The average Bonchev–Trinajstić information content (AvgIpc) is 2.78. The fourth-order valence-corrected chi connectivity index (χ4v) is 2.09. The maximum atomic E-state index is 5.73. The number of hydrogen-bond donors (Lipinski definition) is 1. The summed E-state index contributed by atoms with van der Waals surface area (Å²) in [4.78, 5) is 0. The van der Waals surface area contributed by atoms with Crippen molar-refractivity contribution in [2.24, 2.45) is 17.1 Å². The number of hydrogen-bond acceptors (Lipinski definition) is 1. The molecule has 0 aliphatic heterocycles. The Hall–Kier alpha value is 0.250. The molecule has 0 aromatic carbocycles. The van der Waals surface area contributed by atoms with Gasteiger partial charge in [0.2, 0.25) is 0 Å². The molecule has 0 aromatic heterocycles. The summed E-state index contributed by atoms with van der Waals surface area (Å²) >= 11 is 5.61. The Morgan fingerprint density at radius 3 is 2.70 bits per heavy atom. The third-order valence-corrected chi connectivity index (χ3v) is 3.43. The second-order valence-corrected chi connectivity index (χ2v) is 4.22. The molecule has 58 valence electrons. The molecular formula is C8H14ClN. The minimum absolute atomic E-state index is 0.256. The maximum Gasteiger partial charge on any atom is 0.0375 e. The van der Waals surface area contributed by atoms with Crippen LogP contribution in [0.4, 0.5) is 0 Å². The molecule has 0 bridgehead atoms. The van der Waals surface area contributed by atoms with E-state index in [2.05, 4.69) is 0 Å². The third kappa shape index (κ3) is 1.06. The summed E-state index contributed by atoms with van der Waals surface area (Å²) in [5.41, 5.74) is 6.54. The highest BCUT2D eigenvalue weighted by Gasteiger charge is 2.62. The second-order valence-electron chi connectivity index (χ2n) is 3.91. The normalized spacial score (nSPS) is 36.0. The van der Waals surface area contributed by atoms with Crippen molar-refractivity contribution in [3.63, 3.8) is 0 Å². The zero-order valence-electron chi connectivity index (χ0n) is 6.15. The van der Waals surface area contributed by atoms with Gasteiger partial charge in [0.15, 0.2) is 0 Å². The van der Waals surface area contributed by atoms with E-state index in [1.807, 2.05) is 0 Å². The highest BCUT2D eigenvalue weighted by atomic mass is 35.5. The van der Waals surface area contributed by atoms with Gasteiger partial charge in [-0.3, -0.25) is 0 Å². The molecule has 2 atom stereocenters. The summed E-state index contributed by atoms with van der Waals surface area (Å²) < 4.78 is 0. The lowest BCUT2D eigenvalue weighted by Crippen LogP contribution is -2.22. The van der Waals surface area contributed by atoms with E-state index >= 15 is 0 Å². The second kappa shape index (κ2) is 2.12. The van der Waals surface area contributed by atoms with Gasteiger partial charge >= 0.3 is 0 Å². The molecule has 2 rings (SSSR count). The minimum atomic E-state index is 0.256. The Labute approximate surface area is 66.9 Å². The highest BCUT2D eigenvalue weighted by Crippen LogP contribution is 2.71. The first kappa shape index (κ1) is 6.93. The van der Waals surface area contributed by atoms with Gasteiger partial charge in [0.05, 0.1) is 0 Å². The number of nitrogens with two attached hydrogens (primary N) is 1. The summed E-state index contributed by atoms with van der Waals surface area (Å²) in [6.07, 6.45) is 5.54. The highest BCUT2D eigenvalue weighted by molar-refractivity contribution is 6.18. The molecule has 0 saturated heterocycles. The molecule has 0 amide bonds. The van der Waals surface area contributed by atoms with Crippen molar-refractivity contribution in [2.45, 2.75) is 31.7 Å². The molecule has 1 spiro atoms. The SMILES string of the molecule is NC(CCl)CC1CC12CC2. The number of rotatable bonds is 3. The molecule has 0 aromatic rings. The van der Waals surface area contributed by atoms with Crippen LogP contribution in [-0.2, 0) is 0 Å². The van der Waals surface area contributed by atoms with E-state index in [1.165, 1.54) is 25.7 Å². The first-order valence-corrected chi connectivity index (χ1v) is 4.62. The van der Waals surface area contributed by atoms with Gasteiger partial charge in [-0.2, -0.15) is 0 Å². The van der Waals surface area contributed by atoms with Crippen molar-refractivity contribution in [3.05, 3.63) is 0 Å². The molecular weight excluding hydrogens is 146 g/mol.